The van der Waals surface area contributed by atoms with Crippen LogP contribution in [0.1, 0.15) is 6.85 Å². The fourth-order valence-electron chi connectivity index (χ4n) is 6.69. The zero-order chi connectivity index (χ0) is 37.4. The third-order valence-electron chi connectivity index (χ3n) is 9.02. The minimum absolute atomic E-state index is 0.0693. The summed E-state index contributed by atoms with van der Waals surface area (Å²) < 4.78 is 51.9. The van der Waals surface area contributed by atoms with Crippen LogP contribution in [0.5, 0.6) is 0 Å². The summed E-state index contributed by atoms with van der Waals surface area (Å²) >= 11 is 1.74. The van der Waals surface area contributed by atoms with Crippen LogP contribution in [0.25, 0.3) is 98.5 Å². The van der Waals surface area contributed by atoms with Gasteiger partial charge < -0.3 is 4.42 Å². The van der Waals surface area contributed by atoms with Gasteiger partial charge in [0, 0.05) is 53.2 Å². The van der Waals surface area contributed by atoms with Gasteiger partial charge in [-0.15, -0.1) is 11.3 Å². The molecule has 0 fully saturated rings. The molecule has 7 aromatic carbocycles. The van der Waals surface area contributed by atoms with Gasteiger partial charge in [-0.05, 0) is 47.0 Å². The summed E-state index contributed by atoms with van der Waals surface area (Å²) in [5.41, 5.74) is 5.51. The lowest BCUT2D eigenvalue weighted by Gasteiger charge is -2.10. The van der Waals surface area contributed by atoms with Crippen molar-refractivity contribution in [2.24, 2.45) is 0 Å². The number of fused-ring (bicyclic) bond motifs is 6. The molecule has 0 spiro atoms. The fraction of sp³-hybridized carbons (Fsp3) is 0. The average molecular weight is 663 g/mol. The first-order chi connectivity index (χ1) is 26.8. The standard InChI is InChI=1S/C45H27N3OS/c1-4-13-28(14-5-1)32-25-36(29-15-6-2-7-16-29)42-37(26-32)41-35(20-12-21-38(41)49-42)45-47-43(30-17-8-3-9-18-30)46-44(48-45)31-23-24-34-33-19-10-11-22-39(33)50-40(34)27-31/h1-27H/i2D,6D,7D,15D,16D. The van der Waals surface area contributed by atoms with E-state index < -0.39 is 18.1 Å². The summed E-state index contributed by atoms with van der Waals surface area (Å²) in [7, 11) is 0. The van der Waals surface area contributed by atoms with E-state index in [-0.39, 0.29) is 17.6 Å². The molecule has 5 heteroatoms. The van der Waals surface area contributed by atoms with E-state index in [1.165, 1.54) is 15.5 Å². The molecule has 0 saturated carbocycles. The third kappa shape index (κ3) is 4.79. The Bertz CT molecular complexity index is 3130. The SMILES string of the molecule is [2H]c1c([2H])c([2H])c(-c2cc(-c3ccccc3)cc3c2oc2cccc(-c4nc(-c5ccccc5)nc(-c5ccc6c(c5)sc5ccccc56)n4)c23)c([2H])c1[2H]. The van der Waals surface area contributed by atoms with Crippen LogP contribution in [0.2, 0.25) is 0 Å². The molecule has 3 heterocycles. The summed E-state index contributed by atoms with van der Waals surface area (Å²) in [5, 5.41) is 3.83. The van der Waals surface area contributed by atoms with E-state index in [1.807, 2.05) is 91.0 Å². The smallest absolute Gasteiger partial charge is 0.164 e. The van der Waals surface area contributed by atoms with Crippen molar-refractivity contribution < 1.29 is 11.3 Å². The number of rotatable bonds is 5. The lowest BCUT2D eigenvalue weighted by atomic mass is 9.95. The molecule has 4 nitrogen and oxygen atoms in total. The number of aromatic nitrogens is 3. The largest absolute Gasteiger partial charge is 0.455 e. The highest BCUT2D eigenvalue weighted by Crippen LogP contribution is 2.43. The Morgan fingerprint density at radius 3 is 1.98 bits per heavy atom. The van der Waals surface area contributed by atoms with Gasteiger partial charge in [-0.3, -0.25) is 0 Å². The number of nitrogens with zero attached hydrogens (tertiary/aromatic N) is 3. The molecule has 0 amide bonds. The quantitative estimate of drug-likeness (QED) is 0.184. The maximum atomic E-state index is 8.89. The van der Waals surface area contributed by atoms with E-state index in [0.29, 0.717) is 45.2 Å². The molecule has 0 aliphatic rings. The highest BCUT2D eigenvalue weighted by molar-refractivity contribution is 7.25. The second-order valence-electron chi connectivity index (χ2n) is 12.0. The second-order valence-corrected chi connectivity index (χ2v) is 13.1. The van der Waals surface area contributed by atoms with E-state index in [4.69, 9.17) is 26.2 Å². The van der Waals surface area contributed by atoms with Gasteiger partial charge in [0.15, 0.2) is 17.5 Å². The van der Waals surface area contributed by atoms with Crippen molar-refractivity contribution in [3.63, 3.8) is 0 Å². The number of thiophene rings is 1. The Morgan fingerprint density at radius 2 is 1.16 bits per heavy atom. The first-order valence-electron chi connectivity index (χ1n) is 18.7. The van der Waals surface area contributed by atoms with Crippen LogP contribution in [0.3, 0.4) is 0 Å². The van der Waals surface area contributed by atoms with E-state index in [1.54, 1.807) is 11.3 Å². The summed E-state index contributed by atoms with van der Waals surface area (Å²) in [6.45, 7) is 0. The lowest BCUT2D eigenvalue weighted by molar-refractivity contribution is 0.670. The van der Waals surface area contributed by atoms with E-state index in [9.17, 15) is 0 Å². The Labute approximate surface area is 299 Å². The molecule has 0 atom stereocenters. The highest BCUT2D eigenvalue weighted by atomic mass is 32.1. The third-order valence-corrected chi connectivity index (χ3v) is 10.2. The van der Waals surface area contributed by atoms with Crippen molar-refractivity contribution in [1.82, 2.24) is 15.0 Å². The summed E-state index contributed by atoms with van der Waals surface area (Å²) in [4.78, 5) is 15.2. The minimum atomic E-state index is -0.451. The number of hydrogen-bond donors (Lipinski definition) is 0. The average Bonchev–Trinajstić information content (AvgIpc) is 3.81. The van der Waals surface area contributed by atoms with Crippen molar-refractivity contribution in [3.05, 3.63) is 164 Å². The molecule has 234 valence electrons. The Kier molecular flexibility index (Phi) is 5.54. The van der Waals surface area contributed by atoms with Gasteiger partial charge in [0.1, 0.15) is 11.2 Å². The maximum absolute atomic E-state index is 8.89. The predicted molar refractivity (Wildman–Crippen MR) is 207 cm³/mol. The zero-order valence-electron chi connectivity index (χ0n) is 31.4. The van der Waals surface area contributed by atoms with Crippen molar-refractivity contribution >= 4 is 53.4 Å². The van der Waals surface area contributed by atoms with Gasteiger partial charge in [-0.1, -0.05) is 133 Å². The van der Waals surface area contributed by atoms with Gasteiger partial charge in [-0.2, -0.15) is 0 Å². The monoisotopic (exact) mass is 662 g/mol. The van der Waals surface area contributed by atoms with Crippen LogP contribution in [0.4, 0.5) is 0 Å². The van der Waals surface area contributed by atoms with Crippen LogP contribution >= 0.6 is 11.3 Å². The first kappa shape index (κ1) is 23.8. The summed E-state index contributed by atoms with van der Waals surface area (Å²) in [6.07, 6.45) is 0. The van der Waals surface area contributed by atoms with Crippen LogP contribution in [-0.2, 0) is 0 Å². The second kappa shape index (κ2) is 11.6. The lowest BCUT2D eigenvalue weighted by Crippen LogP contribution is -2.00. The number of furan rings is 1. The number of benzene rings is 7. The van der Waals surface area contributed by atoms with Gasteiger partial charge in [0.2, 0.25) is 0 Å². The van der Waals surface area contributed by atoms with Crippen LogP contribution in [-0.4, -0.2) is 15.0 Å². The molecule has 0 saturated heterocycles. The Hall–Kier alpha value is -6.43. The van der Waals surface area contributed by atoms with Gasteiger partial charge in [0.25, 0.3) is 0 Å². The zero-order valence-corrected chi connectivity index (χ0v) is 27.2. The minimum Gasteiger partial charge on any atom is -0.455 e. The van der Waals surface area contributed by atoms with Crippen molar-refractivity contribution in [2.75, 3.05) is 0 Å². The molecule has 10 aromatic rings. The van der Waals surface area contributed by atoms with Gasteiger partial charge >= 0.3 is 0 Å². The summed E-state index contributed by atoms with van der Waals surface area (Å²) in [5.74, 6) is 1.49. The van der Waals surface area contributed by atoms with Crippen LogP contribution in [0.15, 0.2) is 168 Å². The first-order valence-corrected chi connectivity index (χ1v) is 17.0. The van der Waals surface area contributed by atoms with Crippen molar-refractivity contribution in [1.29, 1.82) is 0 Å². The summed E-state index contributed by atoms with van der Waals surface area (Å²) in [6, 6.07) is 42.0. The molecular weight excluding hydrogens is 631 g/mol. The number of hydrogen-bond acceptors (Lipinski definition) is 5. The Balaban J connectivity index is 1.26. The molecule has 50 heavy (non-hydrogen) atoms. The topological polar surface area (TPSA) is 51.8 Å². The van der Waals surface area contributed by atoms with Crippen molar-refractivity contribution in [3.8, 4) is 56.4 Å². The molecule has 0 aliphatic heterocycles. The van der Waals surface area contributed by atoms with Crippen LogP contribution < -0.4 is 0 Å². The molecule has 0 N–H and O–H groups in total. The molecule has 0 unspecified atom stereocenters. The molecule has 3 aromatic heterocycles. The maximum Gasteiger partial charge on any atom is 0.164 e. The highest BCUT2D eigenvalue weighted by Gasteiger charge is 2.21. The van der Waals surface area contributed by atoms with E-state index in [2.05, 4.69) is 42.5 Å². The molecule has 0 radical (unpaired) electrons. The fourth-order valence-corrected chi connectivity index (χ4v) is 7.83. The normalized spacial score (nSPS) is 13.0. The van der Waals surface area contributed by atoms with Crippen molar-refractivity contribution in [2.45, 2.75) is 0 Å². The van der Waals surface area contributed by atoms with E-state index >= 15 is 0 Å². The molecule has 0 aliphatic carbocycles. The molecular formula is C45H27N3OS. The molecule has 10 rings (SSSR count). The Morgan fingerprint density at radius 1 is 0.460 bits per heavy atom. The molecule has 0 bridgehead atoms. The van der Waals surface area contributed by atoms with E-state index in [0.717, 1.165) is 32.3 Å². The van der Waals surface area contributed by atoms with Gasteiger partial charge in [-0.25, -0.2) is 15.0 Å². The van der Waals surface area contributed by atoms with Gasteiger partial charge in [0.05, 0.1) is 6.85 Å². The predicted octanol–water partition coefficient (Wildman–Crippen LogP) is 12.5. The van der Waals surface area contributed by atoms with Crippen LogP contribution in [0, 0.1) is 0 Å².